The van der Waals surface area contributed by atoms with Gasteiger partial charge in [-0.25, -0.2) is 0 Å². The van der Waals surface area contributed by atoms with E-state index in [0.29, 0.717) is 0 Å². The lowest BCUT2D eigenvalue weighted by Gasteiger charge is -2.30. The van der Waals surface area contributed by atoms with Crippen molar-refractivity contribution in [2.45, 2.75) is 95.9 Å². The summed E-state index contributed by atoms with van der Waals surface area (Å²) >= 11 is 0. The van der Waals surface area contributed by atoms with E-state index in [-0.39, 0.29) is 17.9 Å². The van der Waals surface area contributed by atoms with E-state index in [2.05, 4.69) is 0 Å². The van der Waals surface area contributed by atoms with Crippen molar-refractivity contribution in [3.63, 3.8) is 0 Å². The molecular weight excluding hydrogens is 259 g/mol. The van der Waals surface area contributed by atoms with Gasteiger partial charge in [0, 0.05) is 0 Å². The van der Waals surface area contributed by atoms with Crippen molar-refractivity contribution in [3.05, 3.63) is 0 Å². The van der Waals surface area contributed by atoms with Gasteiger partial charge in [0.05, 0.1) is 0 Å². The molecule has 0 heterocycles. The molecule has 2 saturated carbocycles. The van der Waals surface area contributed by atoms with Crippen LogP contribution < -0.4 is 0 Å². The molecule has 19 heavy (non-hydrogen) atoms. The number of rotatable bonds is 5. The van der Waals surface area contributed by atoms with Gasteiger partial charge in [0.2, 0.25) is 0 Å². The lowest BCUT2D eigenvalue weighted by Crippen LogP contribution is -2.26. The molecule has 3 nitrogen and oxygen atoms in total. The molecule has 0 radical (unpaired) electrons. The van der Waals surface area contributed by atoms with Crippen LogP contribution in [0.2, 0.25) is 0 Å². The quantitative estimate of drug-likeness (QED) is 0.735. The standard InChI is InChI=1S/C15H30O3P/c1-13(2)19(16,17-14-9-5-3-6-10-14)18-15-11-7-4-8-12-15/h13-16H,3-12H2,1-2H3/q+1. The van der Waals surface area contributed by atoms with Crippen LogP contribution in [0, 0.1) is 0 Å². The first-order chi connectivity index (χ1) is 9.10. The Morgan fingerprint density at radius 2 is 1.16 bits per heavy atom. The summed E-state index contributed by atoms with van der Waals surface area (Å²) in [5.74, 6) is 0. The van der Waals surface area contributed by atoms with E-state index >= 15 is 0 Å². The fourth-order valence-electron chi connectivity index (χ4n) is 3.04. The van der Waals surface area contributed by atoms with Gasteiger partial charge in [-0.1, -0.05) is 38.5 Å². The first-order valence-corrected chi connectivity index (χ1v) is 9.73. The van der Waals surface area contributed by atoms with Crippen LogP contribution in [0.3, 0.4) is 0 Å². The van der Waals surface area contributed by atoms with E-state index in [4.69, 9.17) is 9.05 Å². The summed E-state index contributed by atoms with van der Waals surface area (Å²) in [6.45, 7) is 4.05. The van der Waals surface area contributed by atoms with Crippen LogP contribution in [0.5, 0.6) is 0 Å². The van der Waals surface area contributed by atoms with Crippen LogP contribution in [0.15, 0.2) is 0 Å². The van der Waals surface area contributed by atoms with E-state index in [1.165, 1.54) is 38.5 Å². The van der Waals surface area contributed by atoms with E-state index in [0.717, 1.165) is 25.7 Å². The molecule has 4 heteroatoms. The molecule has 0 atom stereocenters. The van der Waals surface area contributed by atoms with Gasteiger partial charge in [0.15, 0.2) is 0 Å². The average molecular weight is 289 g/mol. The smallest absolute Gasteiger partial charge is 0.192 e. The summed E-state index contributed by atoms with van der Waals surface area (Å²) in [6, 6.07) is 0. The highest BCUT2D eigenvalue weighted by atomic mass is 31.2. The second kappa shape index (κ2) is 7.36. The van der Waals surface area contributed by atoms with Crippen LogP contribution in [0.4, 0.5) is 0 Å². The van der Waals surface area contributed by atoms with Gasteiger partial charge in [-0.3, -0.25) is 0 Å². The molecule has 2 aliphatic carbocycles. The Kier molecular flexibility index (Phi) is 6.08. The van der Waals surface area contributed by atoms with Gasteiger partial charge >= 0.3 is 7.94 Å². The molecule has 112 valence electrons. The Bertz CT molecular complexity index is 238. The highest BCUT2D eigenvalue weighted by Gasteiger charge is 2.49. The Morgan fingerprint density at radius 1 is 0.789 bits per heavy atom. The van der Waals surface area contributed by atoms with Gasteiger partial charge in [-0.15, -0.1) is 0 Å². The molecule has 0 aromatic heterocycles. The van der Waals surface area contributed by atoms with Crippen LogP contribution in [-0.4, -0.2) is 22.8 Å². The summed E-state index contributed by atoms with van der Waals surface area (Å²) in [5.41, 5.74) is 0.0800. The minimum Gasteiger partial charge on any atom is -0.192 e. The molecule has 0 bridgehead atoms. The van der Waals surface area contributed by atoms with Gasteiger partial charge in [-0.2, -0.15) is 13.9 Å². The number of hydrogen-bond acceptors (Lipinski definition) is 3. The van der Waals surface area contributed by atoms with Gasteiger partial charge in [0.1, 0.15) is 17.9 Å². The highest BCUT2D eigenvalue weighted by molar-refractivity contribution is 7.61. The lowest BCUT2D eigenvalue weighted by molar-refractivity contribution is 0.0574. The third-order valence-electron chi connectivity index (χ3n) is 4.36. The van der Waals surface area contributed by atoms with E-state index < -0.39 is 7.94 Å². The molecule has 0 aromatic carbocycles. The Hall–Kier alpha value is 0.310. The zero-order valence-electron chi connectivity index (χ0n) is 12.5. The summed E-state index contributed by atoms with van der Waals surface area (Å²) in [6.07, 6.45) is 12.3. The third-order valence-corrected chi connectivity index (χ3v) is 6.86. The molecule has 2 fully saturated rings. The SMILES string of the molecule is CC(C)[P+](O)(OC1CCCCC1)OC1CCCCC1. The van der Waals surface area contributed by atoms with Crippen molar-refractivity contribution >= 4 is 7.94 Å². The molecule has 0 saturated heterocycles. The first kappa shape index (κ1) is 15.7. The molecular formula is C15H30O3P+. The zero-order chi connectivity index (χ0) is 13.7. The summed E-state index contributed by atoms with van der Waals surface area (Å²) in [5, 5.41) is 0. The molecule has 0 aliphatic heterocycles. The predicted octanol–water partition coefficient (Wildman–Crippen LogP) is 4.85. The maximum Gasteiger partial charge on any atom is 0.411 e. The second-order valence-electron chi connectivity index (χ2n) is 6.39. The summed E-state index contributed by atoms with van der Waals surface area (Å²) < 4.78 is 12.2. The van der Waals surface area contributed by atoms with Crippen LogP contribution in [-0.2, 0) is 9.05 Å². The number of hydrogen-bond donors (Lipinski definition) is 1. The first-order valence-electron chi connectivity index (χ1n) is 8.08. The summed E-state index contributed by atoms with van der Waals surface area (Å²) in [7, 11) is -2.68. The Balaban J connectivity index is 1.91. The maximum absolute atomic E-state index is 10.9. The highest BCUT2D eigenvalue weighted by Crippen LogP contribution is 2.64. The van der Waals surface area contributed by atoms with Crippen LogP contribution in [0.1, 0.15) is 78.1 Å². The molecule has 2 rings (SSSR count). The van der Waals surface area contributed by atoms with Crippen molar-refractivity contribution in [1.29, 1.82) is 0 Å². The van der Waals surface area contributed by atoms with E-state index in [9.17, 15) is 4.89 Å². The van der Waals surface area contributed by atoms with Gasteiger partial charge in [0.25, 0.3) is 0 Å². The Labute approximate surface area is 118 Å². The van der Waals surface area contributed by atoms with E-state index in [1.807, 2.05) is 13.8 Å². The van der Waals surface area contributed by atoms with Gasteiger partial charge < -0.3 is 0 Å². The minimum atomic E-state index is -2.68. The Morgan fingerprint density at radius 3 is 1.47 bits per heavy atom. The van der Waals surface area contributed by atoms with Crippen molar-refractivity contribution in [2.75, 3.05) is 0 Å². The molecule has 1 N–H and O–H groups in total. The monoisotopic (exact) mass is 289 g/mol. The zero-order valence-corrected chi connectivity index (χ0v) is 13.4. The normalized spacial score (nSPS) is 24.0. The fraction of sp³-hybridized carbons (Fsp3) is 1.00. The maximum atomic E-state index is 10.9. The van der Waals surface area contributed by atoms with Crippen molar-refractivity contribution in [1.82, 2.24) is 0 Å². The average Bonchev–Trinajstić information content (AvgIpc) is 2.40. The molecule has 2 aliphatic rings. The molecule has 0 aromatic rings. The predicted molar refractivity (Wildman–Crippen MR) is 80.2 cm³/mol. The van der Waals surface area contributed by atoms with Crippen molar-refractivity contribution in [3.8, 4) is 0 Å². The fourth-order valence-corrected chi connectivity index (χ4v) is 4.85. The third kappa shape index (κ3) is 4.67. The molecule has 0 unspecified atom stereocenters. The van der Waals surface area contributed by atoms with E-state index in [1.54, 1.807) is 0 Å². The second-order valence-corrected chi connectivity index (χ2v) is 8.97. The van der Waals surface area contributed by atoms with Gasteiger partial charge in [-0.05, 0) is 39.5 Å². The van der Waals surface area contributed by atoms with Crippen molar-refractivity contribution in [2.24, 2.45) is 0 Å². The van der Waals surface area contributed by atoms with Crippen LogP contribution in [0.25, 0.3) is 0 Å². The molecule has 0 amide bonds. The topological polar surface area (TPSA) is 38.7 Å². The largest absolute Gasteiger partial charge is 0.411 e. The van der Waals surface area contributed by atoms with Crippen LogP contribution >= 0.6 is 7.94 Å². The molecule has 0 spiro atoms. The summed E-state index contributed by atoms with van der Waals surface area (Å²) in [4.78, 5) is 10.9. The van der Waals surface area contributed by atoms with Crippen molar-refractivity contribution < 1.29 is 13.9 Å². The lowest BCUT2D eigenvalue weighted by atomic mass is 9.98. The minimum absolute atomic E-state index is 0.0800.